The summed E-state index contributed by atoms with van der Waals surface area (Å²) in [5, 5.41) is 2.70. The van der Waals surface area contributed by atoms with Crippen LogP contribution in [0.25, 0.3) is 10.6 Å². The van der Waals surface area contributed by atoms with Gasteiger partial charge in [0.25, 0.3) is 0 Å². The number of thiazole rings is 1. The topological polar surface area (TPSA) is 79.8 Å². The molecule has 0 amide bonds. The number of esters is 1. The Balaban J connectivity index is 1.22. The zero-order valence-corrected chi connectivity index (χ0v) is 21.1. The highest BCUT2D eigenvalue weighted by Crippen LogP contribution is 2.25. The van der Waals surface area contributed by atoms with Gasteiger partial charge in [-0.25, -0.2) is 18.2 Å². The first-order chi connectivity index (χ1) is 17.5. The van der Waals surface area contributed by atoms with E-state index in [4.69, 9.17) is 4.74 Å². The number of sulfonamides is 1. The van der Waals surface area contributed by atoms with Gasteiger partial charge in [0.15, 0.2) is 0 Å². The van der Waals surface area contributed by atoms with E-state index < -0.39 is 16.0 Å². The zero-order chi connectivity index (χ0) is 25.0. The SMILES string of the molecule is O=C(OCc1csc(-c2ccccc2)n1)c1cccc(S(=O)(=O)N2CCN(c3ccccc3)CC2)c1. The van der Waals surface area contributed by atoms with Gasteiger partial charge in [-0.15, -0.1) is 11.3 Å². The van der Waals surface area contributed by atoms with Crippen LogP contribution < -0.4 is 4.90 Å². The molecule has 1 aromatic heterocycles. The fourth-order valence-corrected chi connectivity index (χ4v) is 6.35. The molecular formula is C27H25N3O4S2. The van der Waals surface area contributed by atoms with Crippen molar-refractivity contribution in [1.29, 1.82) is 0 Å². The van der Waals surface area contributed by atoms with Gasteiger partial charge < -0.3 is 9.64 Å². The van der Waals surface area contributed by atoms with Gasteiger partial charge in [-0.05, 0) is 30.3 Å². The third-order valence-corrected chi connectivity index (χ3v) is 8.83. The molecule has 0 bridgehead atoms. The van der Waals surface area contributed by atoms with Crippen LogP contribution in [0.5, 0.6) is 0 Å². The van der Waals surface area contributed by atoms with E-state index in [1.54, 1.807) is 12.1 Å². The summed E-state index contributed by atoms with van der Waals surface area (Å²) in [5.41, 5.74) is 2.92. The average Bonchev–Trinajstić information content (AvgIpc) is 3.42. The lowest BCUT2D eigenvalue weighted by molar-refractivity contribution is 0.0468. The van der Waals surface area contributed by atoms with E-state index in [1.165, 1.54) is 27.8 Å². The van der Waals surface area contributed by atoms with Crippen molar-refractivity contribution in [2.24, 2.45) is 0 Å². The van der Waals surface area contributed by atoms with Crippen LogP contribution in [0.1, 0.15) is 16.1 Å². The van der Waals surface area contributed by atoms with Crippen molar-refractivity contribution in [3.05, 3.63) is 102 Å². The molecule has 4 aromatic rings. The van der Waals surface area contributed by atoms with Crippen LogP contribution in [0, 0.1) is 0 Å². The van der Waals surface area contributed by atoms with Crippen LogP contribution in [-0.2, 0) is 21.4 Å². The molecule has 7 nitrogen and oxygen atoms in total. The van der Waals surface area contributed by atoms with Crippen molar-refractivity contribution in [3.63, 3.8) is 0 Å². The zero-order valence-electron chi connectivity index (χ0n) is 19.5. The summed E-state index contributed by atoms with van der Waals surface area (Å²) in [4.78, 5) is 19.5. The van der Waals surface area contributed by atoms with E-state index in [1.807, 2.05) is 66.0 Å². The molecular weight excluding hydrogens is 494 g/mol. The quantitative estimate of drug-likeness (QED) is 0.330. The molecule has 0 saturated carbocycles. The van der Waals surface area contributed by atoms with E-state index in [-0.39, 0.29) is 17.1 Å². The number of aromatic nitrogens is 1. The second-order valence-electron chi connectivity index (χ2n) is 8.34. The number of rotatable bonds is 7. The molecule has 1 aliphatic rings. The number of ether oxygens (including phenoxy) is 1. The number of hydrogen-bond donors (Lipinski definition) is 0. The van der Waals surface area contributed by atoms with Crippen molar-refractivity contribution in [3.8, 4) is 10.6 Å². The summed E-state index contributed by atoms with van der Waals surface area (Å²) in [6.07, 6.45) is 0. The monoisotopic (exact) mass is 519 g/mol. The fourth-order valence-electron chi connectivity index (χ4n) is 4.07. The molecule has 0 N–H and O–H groups in total. The fraction of sp³-hybridized carbons (Fsp3) is 0.185. The predicted octanol–water partition coefficient (Wildman–Crippen LogP) is 4.68. The molecule has 1 fully saturated rings. The normalized spacial score (nSPS) is 14.5. The van der Waals surface area contributed by atoms with Crippen molar-refractivity contribution in [1.82, 2.24) is 9.29 Å². The first kappa shape index (κ1) is 24.2. The molecule has 9 heteroatoms. The number of para-hydroxylation sites is 1. The molecule has 1 aliphatic heterocycles. The molecule has 2 heterocycles. The Labute approximate surface area is 214 Å². The summed E-state index contributed by atoms with van der Waals surface area (Å²) in [5.74, 6) is -0.588. The van der Waals surface area contributed by atoms with Gasteiger partial charge in [-0.3, -0.25) is 0 Å². The molecule has 0 aliphatic carbocycles. The summed E-state index contributed by atoms with van der Waals surface area (Å²) >= 11 is 1.48. The number of carbonyl (C=O) groups is 1. The first-order valence-electron chi connectivity index (χ1n) is 11.6. The van der Waals surface area contributed by atoms with Crippen molar-refractivity contribution in [2.45, 2.75) is 11.5 Å². The number of hydrogen-bond acceptors (Lipinski definition) is 7. The Morgan fingerprint density at radius 1 is 0.889 bits per heavy atom. The Bertz CT molecular complexity index is 1430. The molecule has 184 valence electrons. The molecule has 0 radical (unpaired) electrons. The molecule has 0 spiro atoms. The van der Waals surface area contributed by atoms with Crippen LogP contribution in [0.2, 0.25) is 0 Å². The highest BCUT2D eigenvalue weighted by molar-refractivity contribution is 7.89. The number of carbonyl (C=O) groups excluding carboxylic acids is 1. The van der Waals surface area contributed by atoms with Gasteiger partial charge >= 0.3 is 5.97 Å². The summed E-state index contributed by atoms with van der Waals surface area (Å²) in [6.45, 7) is 1.96. The Hall–Kier alpha value is -3.53. The van der Waals surface area contributed by atoms with Crippen molar-refractivity contribution >= 4 is 33.0 Å². The molecule has 0 unspecified atom stereocenters. The van der Waals surface area contributed by atoms with E-state index in [0.717, 1.165) is 16.3 Å². The number of piperazine rings is 1. The lowest BCUT2D eigenvalue weighted by Gasteiger charge is -2.35. The number of anilines is 1. The standard InChI is InChI=1S/C27H25N3O4S2/c31-27(34-19-23-20-35-26(28-23)21-8-3-1-4-9-21)22-10-7-13-25(18-22)36(32,33)30-16-14-29(15-17-30)24-11-5-2-6-12-24/h1-13,18,20H,14-17,19H2. The minimum absolute atomic E-state index is 0.0145. The molecule has 0 atom stereocenters. The molecule has 1 saturated heterocycles. The first-order valence-corrected chi connectivity index (χ1v) is 13.9. The molecule has 5 rings (SSSR count). The second kappa shape index (κ2) is 10.6. The van der Waals surface area contributed by atoms with E-state index in [0.29, 0.717) is 31.9 Å². The maximum atomic E-state index is 13.3. The van der Waals surface area contributed by atoms with Gasteiger partial charge in [-0.2, -0.15) is 4.31 Å². The van der Waals surface area contributed by atoms with Crippen LogP contribution >= 0.6 is 11.3 Å². The van der Waals surface area contributed by atoms with Crippen LogP contribution in [0.3, 0.4) is 0 Å². The van der Waals surface area contributed by atoms with E-state index in [2.05, 4.69) is 9.88 Å². The van der Waals surface area contributed by atoms with E-state index >= 15 is 0 Å². The number of benzene rings is 3. The van der Waals surface area contributed by atoms with Crippen LogP contribution in [0.4, 0.5) is 5.69 Å². The van der Waals surface area contributed by atoms with Crippen molar-refractivity contribution in [2.75, 3.05) is 31.1 Å². The number of nitrogens with zero attached hydrogens (tertiary/aromatic N) is 3. The van der Waals surface area contributed by atoms with Crippen LogP contribution in [-0.4, -0.2) is 49.9 Å². The van der Waals surface area contributed by atoms with E-state index in [9.17, 15) is 13.2 Å². The van der Waals surface area contributed by atoms with Gasteiger partial charge in [0, 0.05) is 42.8 Å². The largest absolute Gasteiger partial charge is 0.456 e. The highest BCUT2D eigenvalue weighted by atomic mass is 32.2. The highest BCUT2D eigenvalue weighted by Gasteiger charge is 2.29. The van der Waals surface area contributed by atoms with Crippen molar-refractivity contribution < 1.29 is 17.9 Å². The van der Waals surface area contributed by atoms with Gasteiger partial charge in [0.2, 0.25) is 10.0 Å². The van der Waals surface area contributed by atoms with Crippen LogP contribution in [0.15, 0.2) is 95.2 Å². The lowest BCUT2D eigenvalue weighted by Crippen LogP contribution is -2.48. The average molecular weight is 520 g/mol. The smallest absolute Gasteiger partial charge is 0.338 e. The lowest BCUT2D eigenvalue weighted by atomic mass is 10.2. The van der Waals surface area contributed by atoms with Gasteiger partial charge in [-0.1, -0.05) is 54.6 Å². The minimum atomic E-state index is -3.73. The second-order valence-corrected chi connectivity index (χ2v) is 11.1. The molecule has 36 heavy (non-hydrogen) atoms. The summed E-state index contributed by atoms with van der Waals surface area (Å²) in [7, 11) is -3.73. The molecule has 3 aromatic carbocycles. The Kier molecular flexibility index (Phi) is 7.13. The summed E-state index contributed by atoms with van der Waals surface area (Å²) < 4.78 is 33.4. The minimum Gasteiger partial charge on any atom is -0.456 e. The predicted molar refractivity (Wildman–Crippen MR) is 141 cm³/mol. The third kappa shape index (κ3) is 5.33. The van der Waals surface area contributed by atoms with Gasteiger partial charge in [0.1, 0.15) is 11.6 Å². The maximum absolute atomic E-state index is 13.3. The third-order valence-electron chi connectivity index (χ3n) is 5.99. The Morgan fingerprint density at radius 2 is 1.58 bits per heavy atom. The maximum Gasteiger partial charge on any atom is 0.338 e. The van der Waals surface area contributed by atoms with Gasteiger partial charge in [0.05, 0.1) is 16.2 Å². The summed E-state index contributed by atoms with van der Waals surface area (Å²) in [6, 6.07) is 25.8. The Morgan fingerprint density at radius 3 is 2.31 bits per heavy atom.